The minimum absolute atomic E-state index is 0. The average Bonchev–Trinajstić information content (AvgIpc) is 2.88. The van der Waals surface area contributed by atoms with Crippen molar-refractivity contribution >= 4 is 23.2 Å². The first-order chi connectivity index (χ1) is 16.3. The van der Waals surface area contributed by atoms with Gasteiger partial charge in [0, 0.05) is 0 Å². The minimum Gasteiger partial charge on any atom is -1.00 e. The van der Waals surface area contributed by atoms with E-state index in [1.54, 1.807) is 0 Å². The molecular formula is C32H44BrP. The third kappa shape index (κ3) is 7.79. The van der Waals surface area contributed by atoms with Gasteiger partial charge in [0.1, 0.15) is 23.2 Å². The summed E-state index contributed by atoms with van der Waals surface area (Å²) >= 11 is 0. The fraction of sp³-hybridized carbons (Fsp3) is 0.438. The van der Waals surface area contributed by atoms with Gasteiger partial charge in [0.15, 0.2) is 0 Å². The van der Waals surface area contributed by atoms with Crippen LogP contribution in [0.2, 0.25) is 0 Å². The zero-order chi connectivity index (χ0) is 23.2. The topological polar surface area (TPSA) is 0 Å². The predicted molar refractivity (Wildman–Crippen MR) is 151 cm³/mol. The molecule has 0 amide bonds. The van der Waals surface area contributed by atoms with E-state index in [1.165, 1.54) is 86.5 Å². The molecule has 3 aromatic rings. The lowest BCUT2D eigenvalue weighted by Crippen LogP contribution is -3.00. The van der Waals surface area contributed by atoms with Gasteiger partial charge in [-0.3, -0.25) is 0 Å². The molecule has 0 nitrogen and oxygen atoms in total. The summed E-state index contributed by atoms with van der Waals surface area (Å²) in [5, 5.41) is 4.55. The molecule has 0 N–H and O–H groups in total. The Bertz CT molecular complexity index is 782. The van der Waals surface area contributed by atoms with E-state index < -0.39 is 7.26 Å². The van der Waals surface area contributed by atoms with Crippen molar-refractivity contribution in [1.29, 1.82) is 0 Å². The maximum atomic E-state index is 2.52. The Balaban J connectivity index is 0.00000408. The highest BCUT2D eigenvalue weighted by atomic mass is 79.9. The molecule has 0 heterocycles. The van der Waals surface area contributed by atoms with Crippen molar-refractivity contribution in [2.75, 3.05) is 0 Å². The molecule has 0 aliphatic heterocycles. The number of hydrogen-bond donors (Lipinski definition) is 0. The molecule has 0 radical (unpaired) electrons. The lowest BCUT2D eigenvalue weighted by molar-refractivity contribution is -0.00000678. The highest BCUT2D eigenvalue weighted by Crippen LogP contribution is 2.60. The summed E-state index contributed by atoms with van der Waals surface area (Å²) in [6.07, 6.45) is 15.3. The largest absolute Gasteiger partial charge is 1.00 e. The van der Waals surface area contributed by atoms with Crippen molar-refractivity contribution in [1.82, 2.24) is 0 Å². The van der Waals surface area contributed by atoms with Crippen molar-refractivity contribution in [3.05, 3.63) is 91.0 Å². The molecule has 1 unspecified atom stereocenters. The molecule has 0 aromatic heterocycles. The van der Waals surface area contributed by atoms with Crippen LogP contribution in [-0.4, -0.2) is 5.66 Å². The molecule has 2 heteroatoms. The number of halogens is 1. The van der Waals surface area contributed by atoms with E-state index in [0.29, 0.717) is 5.66 Å². The van der Waals surface area contributed by atoms with E-state index in [0.717, 1.165) is 0 Å². The summed E-state index contributed by atoms with van der Waals surface area (Å²) in [6.45, 7) is 4.82. The Morgan fingerprint density at radius 2 is 0.824 bits per heavy atom. The van der Waals surface area contributed by atoms with Crippen LogP contribution in [0.4, 0.5) is 0 Å². The van der Waals surface area contributed by atoms with E-state index in [9.17, 15) is 0 Å². The van der Waals surface area contributed by atoms with Gasteiger partial charge in [-0.15, -0.1) is 0 Å². The summed E-state index contributed by atoms with van der Waals surface area (Å²) in [5.41, 5.74) is 0.624. The molecule has 0 fully saturated rings. The Labute approximate surface area is 220 Å². The molecule has 0 bridgehead atoms. The molecule has 3 rings (SSSR count). The number of hydrogen-bond acceptors (Lipinski definition) is 0. The molecule has 0 aliphatic rings. The van der Waals surface area contributed by atoms with Crippen LogP contribution in [0.1, 0.15) is 84.5 Å². The molecule has 184 valence electrons. The van der Waals surface area contributed by atoms with Gasteiger partial charge in [-0.25, -0.2) is 0 Å². The molecular weight excluding hydrogens is 495 g/mol. The van der Waals surface area contributed by atoms with Gasteiger partial charge >= 0.3 is 0 Å². The lowest BCUT2D eigenvalue weighted by atomic mass is 10.1. The quantitative estimate of drug-likeness (QED) is 0.172. The van der Waals surface area contributed by atoms with Crippen LogP contribution in [0.25, 0.3) is 0 Å². The van der Waals surface area contributed by atoms with Crippen molar-refractivity contribution in [2.45, 2.75) is 90.1 Å². The maximum absolute atomic E-state index is 2.52. The molecule has 3 aromatic carbocycles. The number of benzene rings is 3. The van der Waals surface area contributed by atoms with Crippen molar-refractivity contribution < 1.29 is 17.0 Å². The van der Waals surface area contributed by atoms with Crippen LogP contribution in [-0.2, 0) is 0 Å². The predicted octanol–water partition coefficient (Wildman–Crippen LogP) is 5.68. The third-order valence-electron chi connectivity index (χ3n) is 7.13. The Kier molecular flexibility index (Phi) is 13.8. The number of rotatable bonds is 15. The molecule has 34 heavy (non-hydrogen) atoms. The first kappa shape index (κ1) is 28.8. The second-order valence-electron chi connectivity index (χ2n) is 9.55. The second-order valence-corrected chi connectivity index (χ2v) is 13.4. The van der Waals surface area contributed by atoms with E-state index >= 15 is 0 Å². The third-order valence-corrected chi connectivity index (χ3v) is 12.0. The number of unbranched alkanes of at least 4 members (excludes halogenated alkanes) is 9. The van der Waals surface area contributed by atoms with E-state index in [2.05, 4.69) is 105 Å². The summed E-state index contributed by atoms with van der Waals surface area (Å²) < 4.78 is 0. The normalized spacial score (nSPS) is 12.2. The fourth-order valence-corrected chi connectivity index (χ4v) is 10.2. The van der Waals surface area contributed by atoms with Crippen LogP contribution in [0.5, 0.6) is 0 Å². The highest BCUT2D eigenvalue weighted by Gasteiger charge is 2.49. The van der Waals surface area contributed by atoms with Gasteiger partial charge in [0.05, 0.1) is 5.66 Å². The average molecular weight is 540 g/mol. The molecule has 0 aliphatic carbocycles. The van der Waals surface area contributed by atoms with Crippen LogP contribution in [0, 0.1) is 0 Å². The molecule has 0 spiro atoms. The first-order valence-corrected chi connectivity index (χ1v) is 15.2. The van der Waals surface area contributed by atoms with Crippen molar-refractivity contribution in [3.63, 3.8) is 0 Å². The standard InChI is InChI=1S/C32H44P.BrH/c1-3-4-5-6-7-8-9-10-11-15-22-29(2)33(30-23-16-12-17-24-30,31-25-18-13-19-26-31)32-27-20-14-21-28-32;/h12-14,16-21,23-29H,3-11,15,22H2,1-2H3;1H/q+1;/p-1. The minimum atomic E-state index is -1.72. The summed E-state index contributed by atoms with van der Waals surface area (Å²) in [7, 11) is -1.72. The zero-order valence-corrected chi connectivity index (χ0v) is 23.8. The van der Waals surface area contributed by atoms with Gasteiger partial charge in [-0.05, 0) is 56.2 Å². The van der Waals surface area contributed by atoms with Gasteiger partial charge in [0.25, 0.3) is 0 Å². The molecule has 0 saturated carbocycles. The van der Waals surface area contributed by atoms with E-state index in [4.69, 9.17) is 0 Å². The van der Waals surface area contributed by atoms with E-state index in [-0.39, 0.29) is 17.0 Å². The maximum Gasteiger partial charge on any atom is 0.114 e. The SMILES string of the molecule is CCCCCCCCCCCCC(C)[P+](c1ccccc1)(c1ccccc1)c1ccccc1.[Br-]. The highest BCUT2D eigenvalue weighted by molar-refractivity contribution is 7.96. The zero-order valence-electron chi connectivity index (χ0n) is 21.3. The molecule has 0 saturated heterocycles. The Morgan fingerprint density at radius 1 is 0.500 bits per heavy atom. The first-order valence-electron chi connectivity index (χ1n) is 13.4. The fourth-order valence-electron chi connectivity index (χ4n) is 5.32. The van der Waals surface area contributed by atoms with Gasteiger partial charge in [-0.2, -0.15) is 0 Å². The van der Waals surface area contributed by atoms with Crippen LogP contribution in [0.3, 0.4) is 0 Å². The van der Waals surface area contributed by atoms with Crippen LogP contribution in [0.15, 0.2) is 91.0 Å². The van der Waals surface area contributed by atoms with Gasteiger partial charge in [0.2, 0.25) is 0 Å². The summed E-state index contributed by atoms with van der Waals surface area (Å²) in [6, 6.07) is 34.1. The molecule has 1 atom stereocenters. The Hall–Kier alpha value is -1.43. The smallest absolute Gasteiger partial charge is 0.114 e. The second kappa shape index (κ2) is 16.3. The lowest BCUT2D eigenvalue weighted by Gasteiger charge is -2.33. The Morgan fingerprint density at radius 3 is 1.18 bits per heavy atom. The monoisotopic (exact) mass is 538 g/mol. The van der Waals surface area contributed by atoms with Crippen LogP contribution >= 0.6 is 7.26 Å². The summed E-state index contributed by atoms with van der Waals surface area (Å²) in [4.78, 5) is 0. The van der Waals surface area contributed by atoms with Crippen molar-refractivity contribution in [3.8, 4) is 0 Å². The van der Waals surface area contributed by atoms with Gasteiger partial charge in [-0.1, -0.05) is 119 Å². The summed E-state index contributed by atoms with van der Waals surface area (Å²) in [5.74, 6) is 0. The van der Waals surface area contributed by atoms with Crippen LogP contribution < -0.4 is 32.9 Å². The van der Waals surface area contributed by atoms with E-state index in [1.807, 2.05) is 0 Å². The van der Waals surface area contributed by atoms with Crippen molar-refractivity contribution in [2.24, 2.45) is 0 Å². The van der Waals surface area contributed by atoms with Gasteiger partial charge < -0.3 is 17.0 Å².